The van der Waals surface area contributed by atoms with E-state index < -0.39 is 0 Å². The number of piperazine rings is 1. The van der Waals surface area contributed by atoms with E-state index in [1.165, 1.54) is 19.4 Å². The molecule has 4 aliphatic heterocycles. The molecule has 0 amide bonds. The first kappa shape index (κ1) is 22.0. The third-order valence-electron chi connectivity index (χ3n) is 6.93. The standard InChI is InChI=1S/C27H30IN3O3/c1-2-6-25(34-21-7-8-26-27(16-21)33-19-32-26)24(5-1)31-14-12-30(13-15-31)11-3-4-20-18-29-23-9-10-28-17-22(20)23/h1-2,5-10,16-18,22-23,29H,3-4,11-15,19H2. The summed E-state index contributed by atoms with van der Waals surface area (Å²) in [7, 11) is 0. The van der Waals surface area contributed by atoms with Crippen LogP contribution in [0.3, 0.4) is 0 Å². The van der Waals surface area contributed by atoms with Crippen LogP contribution in [-0.4, -0.2) is 54.5 Å². The van der Waals surface area contributed by atoms with E-state index in [9.17, 15) is 0 Å². The first-order valence-corrected chi connectivity index (χ1v) is 14.5. The Morgan fingerprint density at radius 1 is 1.03 bits per heavy atom. The first-order chi connectivity index (χ1) is 16.8. The molecule has 2 aromatic rings. The van der Waals surface area contributed by atoms with Gasteiger partial charge < -0.3 is 24.4 Å². The van der Waals surface area contributed by atoms with Gasteiger partial charge in [0.15, 0.2) is 17.2 Å². The molecule has 1 N–H and O–H groups in total. The number of ether oxygens (including phenoxy) is 3. The number of hydrogen-bond acceptors (Lipinski definition) is 6. The molecule has 2 atom stereocenters. The number of benzene rings is 2. The molecule has 2 aromatic carbocycles. The van der Waals surface area contributed by atoms with Gasteiger partial charge in [-0.1, -0.05) is 38.9 Å². The quantitative estimate of drug-likeness (QED) is 0.479. The molecule has 178 valence electrons. The van der Waals surface area contributed by atoms with Crippen molar-refractivity contribution >= 4 is 30.4 Å². The van der Waals surface area contributed by atoms with E-state index in [-0.39, 0.29) is 27.5 Å². The number of anilines is 1. The highest BCUT2D eigenvalue weighted by molar-refractivity contribution is 14.2. The second kappa shape index (κ2) is 10.00. The minimum Gasteiger partial charge on any atom is -0.455 e. The summed E-state index contributed by atoms with van der Waals surface area (Å²) < 4.78 is 22.1. The minimum absolute atomic E-state index is 0.152. The lowest BCUT2D eigenvalue weighted by Crippen LogP contribution is -2.46. The number of para-hydroxylation sites is 2. The number of hydrogen-bond donors (Lipinski definition) is 1. The Kier molecular flexibility index (Phi) is 6.46. The number of halogens is 1. The van der Waals surface area contributed by atoms with Gasteiger partial charge in [0.25, 0.3) is 0 Å². The van der Waals surface area contributed by atoms with Crippen molar-refractivity contribution in [3.63, 3.8) is 0 Å². The Morgan fingerprint density at radius 2 is 1.91 bits per heavy atom. The Bertz CT molecular complexity index is 1120. The molecule has 1 fully saturated rings. The van der Waals surface area contributed by atoms with Crippen LogP contribution in [0, 0.1) is 5.92 Å². The molecule has 0 spiro atoms. The molecule has 0 radical (unpaired) electrons. The third kappa shape index (κ3) is 4.68. The fourth-order valence-electron chi connectivity index (χ4n) is 5.04. The van der Waals surface area contributed by atoms with Crippen LogP contribution in [0.5, 0.6) is 23.0 Å². The molecule has 0 aromatic heterocycles. The van der Waals surface area contributed by atoms with Crippen molar-refractivity contribution in [1.82, 2.24) is 10.2 Å². The zero-order valence-electron chi connectivity index (χ0n) is 19.2. The zero-order valence-corrected chi connectivity index (χ0v) is 21.3. The summed E-state index contributed by atoms with van der Waals surface area (Å²) in [6.45, 7) is 5.64. The zero-order chi connectivity index (χ0) is 22.7. The third-order valence-corrected chi connectivity index (χ3v) is 8.95. The van der Waals surface area contributed by atoms with Crippen molar-refractivity contribution in [3.05, 3.63) is 64.4 Å². The van der Waals surface area contributed by atoms with E-state index in [2.05, 4.69) is 47.6 Å². The van der Waals surface area contributed by atoms with Gasteiger partial charge in [-0.2, -0.15) is 0 Å². The van der Waals surface area contributed by atoms with Crippen molar-refractivity contribution in [3.8, 4) is 23.0 Å². The second-order valence-corrected chi connectivity index (χ2v) is 11.2. The van der Waals surface area contributed by atoms with Crippen LogP contribution in [0.1, 0.15) is 12.8 Å². The predicted molar refractivity (Wildman–Crippen MR) is 145 cm³/mol. The van der Waals surface area contributed by atoms with E-state index in [1.807, 2.05) is 30.3 Å². The van der Waals surface area contributed by atoms with E-state index in [1.54, 1.807) is 5.57 Å². The maximum atomic E-state index is 6.27. The number of rotatable bonds is 7. The van der Waals surface area contributed by atoms with Crippen molar-refractivity contribution < 1.29 is 14.2 Å². The molecule has 6 nitrogen and oxygen atoms in total. The summed E-state index contributed by atoms with van der Waals surface area (Å²) in [5.41, 5.74) is 2.75. The smallest absolute Gasteiger partial charge is 0.231 e. The Labute approximate surface area is 210 Å². The van der Waals surface area contributed by atoms with Crippen molar-refractivity contribution in [2.45, 2.75) is 18.9 Å². The highest BCUT2D eigenvalue weighted by Gasteiger charge is 2.27. The molecule has 0 bridgehead atoms. The van der Waals surface area contributed by atoms with Crippen molar-refractivity contribution in [1.29, 1.82) is 0 Å². The first-order valence-electron chi connectivity index (χ1n) is 12.0. The fourth-order valence-corrected chi connectivity index (χ4v) is 7.32. The monoisotopic (exact) mass is 571 g/mol. The normalized spacial score (nSPS) is 23.2. The topological polar surface area (TPSA) is 46.2 Å². The summed E-state index contributed by atoms with van der Waals surface area (Å²) in [4.78, 5) is 5.05. The van der Waals surface area contributed by atoms with Gasteiger partial charge in [-0.3, -0.25) is 4.90 Å². The van der Waals surface area contributed by atoms with Gasteiger partial charge in [0.1, 0.15) is 5.75 Å². The lowest BCUT2D eigenvalue weighted by Gasteiger charge is -2.36. The van der Waals surface area contributed by atoms with Crippen LogP contribution in [0.4, 0.5) is 5.69 Å². The highest BCUT2D eigenvalue weighted by atomic mass is 127. The van der Waals surface area contributed by atoms with Gasteiger partial charge in [-0.15, -0.1) is 0 Å². The Morgan fingerprint density at radius 3 is 2.85 bits per heavy atom. The summed E-state index contributed by atoms with van der Waals surface area (Å²) in [5, 5.41) is 3.55. The summed E-state index contributed by atoms with van der Waals surface area (Å²) in [6.07, 6.45) is 7.08. The lowest BCUT2D eigenvalue weighted by atomic mass is 9.94. The van der Waals surface area contributed by atoms with Crippen LogP contribution in [0.2, 0.25) is 0 Å². The van der Waals surface area contributed by atoms with Crippen LogP contribution in [0.25, 0.3) is 0 Å². The molecule has 2 unspecified atom stereocenters. The molecule has 0 aliphatic carbocycles. The fraction of sp³-hybridized carbons (Fsp3) is 0.370. The number of fused-ring (bicyclic) bond motifs is 2. The Balaban J connectivity index is 1.02. The number of nitrogens with one attached hydrogen (secondary N) is 1. The van der Waals surface area contributed by atoms with Crippen LogP contribution >= 0.6 is 20.7 Å². The van der Waals surface area contributed by atoms with Gasteiger partial charge in [0.05, 0.1) is 11.7 Å². The summed E-state index contributed by atoms with van der Waals surface area (Å²) >= 11 is 0.152. The number of nitrogens with zero attached hydrogens (tertiary/aromatic N) is 2. The molecule has 0 saturated carbocycles. The predicted octanol–water partition coefficient (Wildman–Crippen LogP) is 4.88. The van der Waals surface area contributed by atoms with Gasteiger partial charge in [0.2, 0.25) is 6.79 Å². The summed E-state index contributed by atoms with van der Waals surface area (Å²) in [6, 6.07) is 14.6. The lowest BCUT2D eigenvalue weighted by molar-refractivity contribution is 0.174. The van der Waals surface area contributed by atoms with Crippen molar-refractivity contribution in [2.24, 2.45) is 5.92 Å². The minimum atomic E-state index is 0.152. The molecular formula is C27H30IN3O3. The molecule has 7 heteroatoms. The van der Waals surface area contributed by atoms with E-state index in [0.29, 0.717) is 12.0 Å². The molecule has 1 saturated heterocycles. The molecule has 6 rings (SSSR count). The molecule has 34 heavy (non-hydrogen) atoms. The largest absolute Gasteiger partial charge is 0.455 e. The molecule has 4 aliphatic rings. The average molecular weight is 571 g/mol. The maximum absolute atomic E-state index is 6.27. The van der Waals surface area contributed by atoms with Gasteiger partial charge >= 0.3 is 0 Å². The molecule has 4 heterocycles. The van der Waals surface area contributed by atoms with E-state index in [0.717, 1.165) is 54.9 Å². The van der Waals surface area contributed by atoms with Crippen molar-refractivity contribution in [2.75, 3.05) is 44.4 Å². The van der Waals surface area contributed by atoms with Gasteiger partial charge in [-0.25, -0.2) is 0 Å². The van der Waals surface area contributed by atoms with Gasteiger partial charge in [-0.05, 0) is 63.5 Å². The van der Waals surface area contributed by atoms with E-state index in [4.69, 9.17) is 14.2 Å². The van der Waals surface area contributed by atoms with Crippen LogP contribution in [0.15, 0.2) is 64.4 Å². The van der Waals surface area contributed by atoms with Crippen LogP contribution < -0.4 is 24.4 Å². The van der Waals surface area contributed by atoms with Gasteiger partial charge in [0, 0.05) is 38.2 Å². The SMILES string of the molecule is C1=CC2NC=C(CCCN3CCN(c4ccccc4Oc4ccc5c(c4)OCO5)CC3)C2C=I1. The second-order valence-electron chi connectivity index (χ2n) is 9.02. The maximum Gasteiger partial charge on any atom is 0.231 e. The van der Waals surface area contributed by atoms with E-state index >= 15 is 0 Å². The average Bonchev–Trinajstić information content (AvgIpc) is 3.52. The van der Waals surface area contributed by atoms with Crippen LogP contribution in [-0.2, 0) is 0 Å². The molecular weight excluding hydrogens is 541 g/mol. The summed E-state index contributed by atoms with van der Waals surface area (Å²) in [5.74, 6) is 3.80. The Hall–Kier alpha value is -2.52. The highest BCUT2D eigenvalue weighted by Crippen LogP contribution is 2.39.